The Bertz CT molecular complexity index is 893. The molecule has 0 amide bonds. The summed E-state index contributed by atoms with van der Waals surface area (Å²) in [4.78, 5) is 24.2. The van der Waals surface area contributed by atoms with E-state index in [0.29, 0.717) is 29.5 Å². The Balaban J connectivity index is 2.10. The van der Waals surface area contributed by atoms with Crippen molar-refractivity contribution in [3.8, 4) is 0 Å². The minimum atomic E-state index is -2.08. The first-order valence-electron chi connectivity index (χ1n) is 13.9. The summed E-state index contributed by atoms with van der Waals surface area (Å²) in [6, 6.07) is 0. The number of esters is 1. The summed E-state index contributed by atoms with van der Waals surface area (Å²) < 4.78 is 18.6. The van der Waals surface area contributed by atoms with Gasteiger partial charge in [0, 0.05) is 24.7 Å². The lowest BCUT2D eigenvalue weighted by Gasteiger charge is -2.45. The molecule has 0 aromatic heterocycles. The molecule has 0 radical (unpaired) electrons. The van der Waals surface area contributed by atoms with Crippen LogP contribution >= 0.6 is 0 Å². The average Bonchev–Trinajstić information content (AvgIpc) is 3.54. The molecule has 2 heterocycles. The second kappa shape index (κ2) is 12.9. The van der Waals surface area contributed by atoms with Crippen molar-refractivity contribution >= 4 is 20.1 Å². The predicted molar refractivity (Wildman–Crippen MR) is 154 cm³/mol. The summed E-state index contributed by atoms with van der Waals surface area (Å²) in [7, 11) is -2.08. The number of rotatable bonds is 12. The summed E-state index contributed by atoms with van der Waals surface area (Å²) in [5, 5.41) is 0. The van der Waals surface area contributed by atoms with Gasteiger partial charge in [0.05, 0.1) is 12.2 Å². The quantitative estimate of drug-likeness (QED) is 0.0653. The van der Waals surface area contributed by atoms with Crippen molar-refractivity contribution in [3.05, 3.63) is 48.6 Å². The van der Waals surface area contributed by atoms with Gasteiger partial charge in [-0.1, -0.05) is 104 Å². The molecule has 2 aliphatic rings. The molecule has 0 unspecified atom stereocenters. The molecule has 0 N–H and O–H groups in total. The van der Waals surface area contributed by atoms with Crippen LogP contribution < -0.4 is 0 Å². The molecule has 6 atom stereocenters. The Morgan fingerprint density at radius 1 is 1.08 bits per heavy atom. The predicted octanol–water partition coefficient (Wildman–Crippen LogP) is 7.50. The van der Waals surface area contributed by atoms with Crippen LogP contribution in [0.25, 0.3) is 0 Å². The van der Waals surface area contributed by atoms with Gasteiger partial charge in [-0.15, -0.1) is 0 Å². The first-order valence-corrected chi connectivity index (χ1v) is 16.0. The second-order valence-electron chi connectivity index (χ2n) is 12.2. The molecule has 0 aromatic carbocycles. The fourth-order valence-electron chi connectivity index (χ4n) is 5.83. The first kappa shape index (κ1) is 31.5. The van der Waals surface area contributed by atoms with E-state index in [1.54, 1.807) is 6.92 Å². The minimum Gasteiger partial charge on any atom is -0.459 e. The van der Waals surface area contributed by atoms with Gasteiger partial charge in [-0.3, -0.25) is 9.59 Å². The number of carbonyl (C=O) groups excluding carboxylic acids is 2. The van der Waals surface area contributed by atoms with Crippen LogP contribution in [0, 0.1) is 11.8 Å². The van der Waals surface area contributed by atoms with E-state index in [1.807, 2.05) is 0 Å². The van der Waals surface area contributed by atoms with Gasteiger partial charge in [-0.25, -0.2) is 0 Å². The van der Waals surface area contributed by atoms with Crippen LogP contribution in [0.3, 0.4) is 0 Å². The van der Waals surface area contributed by atoms with Gasteiger partial charge in [0.1, 0.15) is 18.6 Å². The van der Waals surface area contributed by atoms with Crippen LogP contribution in [-0.2, 0) is 23.5 Å². The Morgan fingerprint density at radius 3 is 2.16 bits per heavy atom. The van der Waals surface area contributed by atoms with Crippen LogP contribution in [0.4, 0.5) is 0 Å². The van der Waals surface area contributed by atoms with E-state index >= 15 is 0 Å². The van der Waals surface area contributed by atoms with Gasteiger partial charge in [0.2, 0.25) is 8.32 Å². The highest BCUT2D eigenvalue weighted by Gasteiger charge is 2.49. The van der Waals surface area contributed by atoms with Crippen LogP contribution in [0.15, 0.2) is 48.6 Å². The lowest BCUT2D eigenvalue weighted by atomic mass is 9.89. The number of ether oxygens (including phenoxy) is 2. The third-order valence-corrected chi connectivity index (χ3v) is 14.5. The summed E-state index contributed by atoms with van der Waals surface area (Å²) in [6.07, 6.45) is 4.35. The van der Waals surface area contributed by atoms with Crippen LogP contribution in [0.1, 0.15) is 81.6 Å². The first-order chi connectivity index (χ1) is 17.1. The Morgan fingerprint density at radius 2 is 1.65 bits per heavy atom. The van der Waals surface area contributed by atoms with Gasteiger partial charge < -0.3 is 13.9 Å². The zero-order valence-corrected chi connectivity index (χ0v) is 25.6. The van der Waals surface area contributed by atoms with Gasteiger partial charge in [-0.05, 0) is 23.5 Å². The molecule has 2 rings (SSSR count). The maximum Gasteiger partial charge on any atom is 0.313 e. The molecule has 0 aromatic rings. The number of cyclic esters (lactones) is 1. The molecule has 0 bridgehead atoms. The van der Waals surface area contributed by atoms with E-state index in [-0.39, 0.29) is 42.4 Å². The fourth-order valence-corrected chi connectivity index (χ4v) is 11.4. The van der Waals surface area contributed by atoms with Crippen molar-refractivity contribution in [2.45, 2.75) is 123 Å². The topological polar surface area (TPSA) is 65.1 Å². The molecule has 208 valence electrons. The highest BCUT2D eigenvalue weighted by Crippen LogP contribution is 2.44. The summed E-state index contributed by atoms with van der Waals surface area (Å²) >= 11 is 0. The van der Waals surface area contributed by atoms with E-state index in [1.165, 1.54) is 0 Å². The van der Waals surface area contributed by atoms with Crippen molar-refractivity contribution in [3.63, 3.8) is 0 Å². The van der Waals surface area contributed by atoms with E-state index < -0.39 is 20.4 Å². The maximum atomic E-state index is 12.1. The Kier molecular flexibility index (Phi) is 10.9. The molecule has 6 heteroatoms. The van der Waals surface area contributed by atoms with Crippen LogP contribution in [-0.4, -0.2) is 44.5 Å². The summed E-state index contributed by atoms with van der Waals surface area (Å²) in [6.45, 7) is 32.4. The van der Waals surface area contributed by atoms with Crippen molar-refractivity contribution < 1.29 is 23.5 Å². The molecule has 0 aliphatic carbocycles. The van der Waals surface area contributed by atoms with Crippen molar-refractivity contribution in [1.82, 2.24) is 0 Å². The standard InChI is InChI=1S/C31H50O5Si/c1-18(2)24(11)27(36-37(19(3)4,20(5)6)21(7)8)14-13-22(9)15-28-31(35-28)29-16-23(10)25(12)26(32)17-30(33)34-29/h13-14,19-21,24-25,27-29,31H,1,9-10,15-17H2,2-8,11-12H3/b14-13+/t24-,25-,27+,28+,29+,31-/m0/s1. The average molecular weight is 531 g/mol. The number of epoxide rings is 1. The molecule has 0 spiro atoms. The number of ketones is 1. The summed E-state index contributed by atoms with van der Waals surface area (Å²) in [5.41, 5.74) is 4.30. The molecule has 2 aliphatic heterocycles. The van der Waals surface area contributed by atoms with E-state index in [9.17, 15) is 9.59 Å². The molecular weight excluding hydrogens is 480 g/mol. The Labute approximate surface area is 226 Å². The molecule has 0 saturated carbocycles. The van der Waals surface area contributed by atoms with Crippen molar-refractivity contribution in [1.29, 1.82) is 0 Å². The molecule has 5 nitrogen and oxygen atoms in total. The number of carbonyl (C=O) groups is 2. The normalized spacial score (nSPS) is 26.9. The molecule has 37 heavy (non-hydrogen) atoms. The van der Waals surface area contributed by atoms with Gasteiger partial charge in [0.15, 0.2) is 5.78 Å². The largest absolute Gasteiger partial charge is 0.459 e. The zero-order valence-electron chi connectivity index (χ0n) is 24.6. The lowest BCUT2D eigenvalue weighted by molar-refractivity contribution is -0.153. The lowest BCUT2D eigenvalue weighted by Crippen LogP contribution is -2.51. The van der Waals surface area contributed by atoms with Crippen LogP contribution in [0.5, 0.6) is 0 Å². The van der Waals surface area contributed by atoms with Crippen molar-refractivity contribution in [2.75, 3.05) is 0 Å². The van der Waals surface area contributed by atoms with E-state index in [0.717, 1.165) is 16.7 Å². The highest BCUT2D eigenvalue weighted by atomic mass is 28.4. The number of hydrogen-bond acceptors (Lipinski definition) is 5. The number of hydrogen-bond donors (Lipinski definition) is 0. The monoisotopic (exact) mass is 530 g/mol. The van der Waals surface area contributed by atoms with Gasteiger partial charge in [-0.2, -0.15) is 0 Å². The molecule has 2 saturated heterocycles. The fraction of sp³-hybridized carbons (Fsp3) is 0.677. The minimum absolute atomic E-state index is 0.0680. The van der Waals surface area contributed by atoms with Gasteiger partial charge >= 0.3 is 5.97 Å². The zero-order chi connectivity index (χ0) is 28.2. The van der Waals surface area contributed by atoms with Crippen molar-refractivity contribution in [2.24, 2.45) is 11.8 Å². The Hall–Kier alpha value is -1.76. The SMILES string of the molecule is C=C(/C=C/[C@@H](O[Si](C(C)C)(C(C)C)C(C)C)[C@@H](C)C(=C)C)C[C@H]1O[C@@H]1[C@H]1CC(=C)[C@H](C)C(=O)CC(=O)O1. The number of allylic oxidation sites excluding steroid dienone is 1. The summed E-state index contributed by atoms with van der Waals surface area (Å²) in [5.74, 6) is -0.775. The molecule has 2 fully saturated rings. The smallest absolute Gasteiger partial charge is 0.313 e. The highest BCUT2D eigenvalue weighted by molar-refractivity contribution is 6.77. The molecular formula is C31H50O5Si. The number of Topliss-reactive ketones (excluding diaryl/α,β-unsaturated/α-hetero) is 1. The maximum absolute atomic E-state index is 12.1. The van der Waals surface area contributed by atoms with E-state index in [4.69, 9.17) is 13.9 Å². The third-order valence-electron chi connectivity index (χ3n) is 8.45. The van der Waals surface area contributed by atoms with Gasteiger partial charge in [0.25, 0.3) is 0 Å². The van der Waals surface area contributed by atoms with Crippen LogP contribution in [0.2, 0.25) is 16.6 Å². The second-order valence-corrected chi connectivity index (χ2v) is 17.6. The van der Waals surface area contributed by atoms with E-state index in [2.05, 4.69) is 87.3 Å². The third kappa shape index (κ3) is 7.64.